The Morgan fingerprint density at radius 3 is 2.64 bits per heavy atom. The molecule has 3 heterocycles. The third-order valence-corrected chi connectivity index (χ3v) is 4.88. The zero-order valence-electron chi connectivity index (χ0n) is 14.7. The molecule has 1 amide bonds. The summed E-state index contributed by atoms with van der Waals surface area (Å²) in [6.45, 7) is 5.46. The maximum Gasteiger partial charge on any atom is 0.332 e. The van der Waals surface area contributed by atoms with E-state index in [2.05, 4.69) is 10.3 Å². The summed E-state index contributed by atoms with van der Waals surface area (Å²) in [6.07, 6.45) is 1.44. The van der Waals surface area contributed by atoms with Gasteiger partial charge in [0.25, 0.3) is 5.56 Å². The molecule has 2 aromatic heterocycles. The van der Waals surface area contributed by atoms with E-state index in [-0.39, 0.29) is 48.1 Å². The Hall–Kier alpha value is -2.13. The fourth-order valence-electron chi connectivity index (χ4n) is 3.16. The smallest absolute Gasteiger partial charge is 0.332 e. The van der Waals surface area contributed by atoms with Gasteiger partial charge in [0, 0.05) is 39.3 Å². The van der Waals surface area contributed by atoms with E-state index in [9.17, 15) is 14.4 Å². The standard InChI is InChI=1S/C15H22N6O3.ClH/c1-9-10(2)21(6-5-16-9)11(22)7-20-8-17-13-12(20)14(23)19(4)15(24)18(13)3;/h8-10,16H,5-7H2,1-4H3;1H. The molecule has 1 aliphatic rings. The van der Waals surface area contributed by atoms with Gasteiger partial charge in [0.15, 0.2) is 11.2 Å². The molecule has 3 rings (SSSR count). The number of hydrogen-bond acceptors (Lipinski definition) is 5. The van der Waals surface area contributed by atoms with Crippen LogP contribution in [0.2, 0.25) is 0 Å². The lowest BCUT2D eigenvalue weighted by molar-refractivity contribution is -0.135. The van der Waals surface area contributed by atoms with Gasteiger partial charge < -0.3 is 14.8 Å². The molecule has 9 nitrogen and oxygen atoms in total. The lowest BCUT2D eigenvalue weighted by Gasteiger charge is -2.38. The molecule has 10 heteroatoms. The molecule has 0 radical (unpaired) electrons. The summed E-state index contributed by atoms with van der Waals surface area (Å²) < 4.78 is 3.87. The van der Waals surface area contributed by atoms with Crippen molar-refractivity contribution in [1.29, 1.82) is 0 Å². The van der Waals surface area contributed by atoms with Crippen molar-refractivity contribution < 1.29 is 4.79 Å². The zero-order valence-corrected chi connectivity index (χ0v) is 15.5. The second kappa shape index (κ2) is 7.01. The van der Waals surface area contributed by atoms with Gasteiger partial charge in [0.2, 0.25) is 5.91 Å². The summed E-state index contributed by atoms with van der Waals surface area (Å²) >= 11 is 0. The molecule has 1 saturated heterocycles. The lowest BCUT2D eigenvalue weighted by Crippen LogP contribution is -2.57. The van der Waals surface area contributed by atoms with Crippen molar-refractivity contribution in [2.75, 3.05) is 13.1 Å². The van der Waals surface area contributed by atoms with Gasteiger partial charge in [-0.2, -0.15) is 0 Å². The maximum atomic E-state index is 12.7. The van der Waals surface area contributed by atoms with Gasteiger partial charge in [-0.25, -0.2) is 9.78 Å². The number of carbonyl (C=O) groups excluding carboxylic acids is 1. The number of halogens is 1. The summed E-state index contributed by atoms with van der Waals surface area (Å²) in [5.74, 6) is -0.0638. The van der Waals surface area contributed by atoms with E-state index in [1.54, 1.807) is 7.05 Å². The van der Waals surface area contributed by atoms with E-state index in [4.69, 9.17) is 0 Å². The number of fused-ring (bicyclic) bond motifs is 1. The van der Waals surface area contributed by atoms with Gasteiger partial charge in [0.05, 0.1) is 6.33 Å². The van der Waals surface area contributed by atoms with Crippen molar-refractivity contribution in [2.45, 2.75) is 32.5 Å². The van der Waals surface area contributed by atoms with Gasteiger partial charge in [-0.05, 0) is 13.8 Å². The minimum atomic E-state index is -0.444. The highest BCUT2D eigenvalue weighted by molar-refractivity contribution is 5.85. The van der Waals surface area contributed by atoms with E-state index in [1.807, 2.05) is 18.7 Å². The van der Waals surface area contributed by atoms with Crippen LogP contribution < -0.4 is 16.6 Å². The highest BCUT2D eigenvalue weighted by atomic mass is 35.5. The number of hydrogen-bond donors (Lipinski definition) is 1. The number of rotatable bonds is 2. The zero-order chi connectivity index (χ0) is 17.6. The Kier molecular flexibility index (Phi) is 5.38. The Morgan fingerprint density at radius 1 is 1.28 bits per heavy atom. The summed E-state index contributed by atoms with van der Waals surface area (Å²) in [5.41, 5.74) is -0.324. The van der Waals surface area contributed by atoms with Crippen LogP contribution in [0.3, 0.4) is 0 Å². The number of aryl methyl sites for hydroxylation is 1. The molecule has 1 aliphatic heterocycles. The van der Waals surface area contributed by atoms with Gasteiger partial charge in [-0.1, -0.05) is 0 Å². The van der Waals surface area contributed by atoms with Crippen molar-refractivity contribution in [2.24, 2.45) is 14.1 Å². The van der Waals surface area contributed by atoms with Crippen molar-refractivity contribution in [3.05, 3.63) is 27.2 Å². The van der Waals surface area contributed by atoms with Gasteiger partial charge in [-0.15, -0.1) is 12.4 Å². The normalized spacial score (nSPS) is 20.6. The average molecular weight is 371 g/mol. The van der Waals surface area contributed by atoms with Crippen LogP contribution in [0.1, 0.15) is 13.8 Å². The van der Waals surface area contributed by atoms with Gasteiger partial charge in [-0.3, -0.25) is 18.7 Å². The third kappa shape index (κ3) is 3.09. The van der Waals surface area contributed by atoms with E-state index in [0.29, 0.717) is 6.54 Å². The minimum Gasteiger partial charge on any atom is -0.336 e. The number of piperazine rings is 1. The summed E-state index contributed by atoms with van der Waals surface area (Å²) in [5, 5.41) is 3.33. The quantitative estimate of drug-likeness (QED) is 0.736. The molecule has 1 fully saturated rings. The molecule has 25 heavy (non-hydrogen) atoms. The predicted molar refractivity (Wildman–Crippen MR) is 96.1 cm³/mol. The Labute approximate surface area is 150 Å². The Morgan fingerprint density at radius 2 is 1.96 bits per heavy atom. The van der Waals surface area contributed by atoms with Gasteiger partial charge >= 0.3 is 5.69 Å². The van der Waals surface area contributed by atoms with Crippen LogP contribution in [-0.2, 0) is 25.4 Å². The first kappa shape index (κ1) is 19.2. The van der Waals surface area contributed by atoms with E-state index in [1.165, 1.54) is 22.5 Å². The van der Waals surface area contributed by atoms with Crippen LogP contribution in [0.5, 0.6) is 0 Å². The number of nitrogens with zero attached hydrogens (tertiary/aromatic N) is 5. The molecule has 2 unspecified atom stereocenters. The number of aromatic nitrogens is 4. The fourth-order valence-corrected chi connectivity index (χ4v) is 3.16. The van der Waals surface area contributed by atoms with Crippen LogP contribution in [0.15, 0.2) is 15.9 Å². The molecule has 2 aromatic rings. The van der Waals surface area contributed by atoms with E-state index in [0.717, 1.165) is 11.1 Å². The number of imidazole rings is 1. The topological polar surface area (TPSA) is 94.2 Å². The van der Waals surface area contributed by atoms with Crippen LogP contribution >= 0.6 is 12.4 Å². The highest BCUT2D eigenvalue weighted by Gasteiger charge is 2.28. The van der Waals surface area contributed by atoms with Crippen LogP contribution in [0.25, 0.3) is 11.2 Å². The third-order valence-electron chi connectivity index (χ3n) is 4.88. The predicted octanol–water partition coefficient (Wildman–Crippen LogP) is -0.936. The molecule has 1 N–H and O–H groups in total. The van der Waals surface area contributed by atoms with Crippen LogP contribution in [0.4, 0.5) is 0 Å². The average Bonchev–Trinajstić information content (AvgIpc) is 2.97. The van der Waals surface area contributed by atoms with E-state index >= 15 is 0 Å². The lowest BCUT2D eigenvalue weighted by atomic mass is 10.1. The molecule has 0 bridgehead atoms. The second-order valence-corrected chi connectivity index (χ2v) is 6.32. The van der Waals surface area contributed by atoms with E-state index < -0.39 is 11.2 Å². The molecule has 2 atom stereocenters. The maximum absolute atomic E-state index is 12.7. The fraction of sp³-hybridized carbons (Fsp3) is 0.600. The Balaban J connectivity index is 0.00000225. The first-order valence-corrected chi connectivity index (χ1v) is 7.96. The number of carbonyl (C=O) groups is 1. The first-order valence-electron chi connectivity index (χ1n) is 7.96. The highest BCUT2D eigenvalue weighted by Crippen LogP contribution is 2.12. The van der Waals surface area contributed by atoms with Gasteiger partial charge in [0.1, 0.15) is 6.54 Å². The van der Waals surface area contributed by atoms with Crippen LogP contribution in [0, 0.1) is 0 Å². The minimum absolute atomic E-state index is 0. The molecule has 0 aromatic carbocycles. The second-order valence-electron chi connectivity index (χ2n) is 6.32. The monoisotopic (exact) mass is 370 g/mol. The molecule has 0 spiro atoms. The van der Waals surface area contributed by atoms with Crippen molar-refractivity contribution in [1.82, 2.24) is 28.9 Å². The van der Waals surface area contributed by atoms with Crippen molar-refractivity contribution in [3.63, 3.8) is 0 Å². The molecule has 138 valence electrons. The molecule has 0 aliphatic carbocycles. The van der Waals surface area contributed by atoms with Crippen molar-refractivity contribution in [3.8, 4) is 0 Å². The largest absolute Gasteiger partial charge is 0.336 e. The Bertz CT molecular complexity index is 914. The number of nitrogens with one attached hydrogen (secondary N) is 1. The number of amides is 1. The summed E-state index contributed by atoms with van der Waals surface area (Å²) in [4.78, 5) is 43.0. The molecule has 0 saturated carbocycles. The van der Waals surface area contributed by atoms with Crippen molar-refractivity contribution >= 4 is 29.5 Å². The SMILES string of the molecule is CC1NCCN(C(=O)Cn2cnc3c2c(=O)n(C)c(=O)n3C)C1C.Cl. The molecular weight excluding hydrogens is 348 g/mol. The summed E-state index contributed by atoms with van der Waals surface area (Å²) in [7, 11) is 2.98. The first-order chi connectivity index (χ1) is 11.3. The molecular formula is C15H23ClN6O3. The van der Waals surface area contributed by atoms with Crippen LogP contribution in [-0.4, -0.2) is 54.7 Å². The summed E-state index contributed by atoms with van der Waals surface area (Å²) in [6, 6.07) is 0.296.